The van der Waals surface area contributed by atoms with E-state index in [-0.39, 0.29) is 76.2 Å². The summed E-state index contributed by atoms with van der Waals surface area (Å²) in [5, 5.41) is 0. The van der Waals surface area contributed by atoms with E-state index >= 15 is 0 Å². The standard InChI is InChI=1S/2C5H5.Fe.2Na/c2*1-2-4-5-3-1;;;/h2*1-5H;;;/q2*-1;;2*+1. The van der Waals surface area contributed by atoms with E-state index in [4.69, 9.17) is 0 Å². The number of hydrogen-bond acceptors (Lipinski definition) is 0. The van der Waals surface area contributed by atoms with Crippen LogP contribution >= 0.6 is 0 Å². The summed E-state index contributed by atoms with van der Waals surface area (Å²) in [6.45, 7) is 0. The van der Waals surface area contributed by atoms with Crippen molar-refractivity contribution in [3.63, 3.8) is 0 Å². The molecule has 0 radical (unpaired) electrons. The normalized spacial score (nSPS) is 6.15. The van der Waals surface area contributed by atoms with E-state index in [2.05, 4.69) is 0 Å². The van der Waals surface area contributed by atoms with Crippen LogP contribution in [0.25, 0.3) is 0 Å². The van der Waals surface area contributed by atoms with Crippen molar-refractivity contribution in [2.75, 3.05) is 0 Å². The summed E-state index contributed by atoms with van der Waals surface area (Å²) >= 11 is 0. The smallest absolute Gasteiger partial charge is 0.214 e. The molecule has 0 N–H and O–H groups in total. The van der Waals surface area contributed by atoms with E-state index in [9.17, 15) is 0 Å². The van der Waals surface area contributed by atoms with Crippen LogP contribution in [-0.2, 0) is 17.1 Å². The van der Waals surface area contributed by atoms with Crippen molar-refractivity contribution in [3.8, 4) is 0 Å². The van der Waals surface area contributed by atoms with Crippen LogP contribution in [0.4, 0.5) is 0 Å². The Morgan fingerprint density at radius 1 is 0.538 bits per heavy atom. The third-order valence-corrected chi connectivity index (χ3v) is 1.11. The summed E-state index contributed by atoms with van der Waals surface area (Å²) in [6, 6.07) is 20.0. The first kappa shape index (κ1) is 19.7. The molecule has 0 amide bonds. The van der Waals surface area contributed by atoms with E-state index < -0.39 is 0 Å². The van der Waals surface area contributed by atoms with Gasteiger partial charge in [0.05, 0.1) is 0 Å². The molecule has 2 aromatic carbocycles. The van der Waals surface area contributed by atoms with Gasteiger partial charge in [0.1, 0.15) is 0 Å². The molecule has 2 rings (SSSR count). The molecule has 0 saturated heterocycles. The second-order valence-corrected chi connectivity index (χ2v) is 1.92. The fourth-order valence-corrected chi connectivity index (χ4v) is 0.642. The molecular formula is C10H10FeNa2. The summed E-state index contributed by atoms with van der Waals surface area (Å²) in [5.41, 5.74) is 0. The topological polar surface area (TPSA) is 0 Å². The van der Waals surface area contributed by atoms with Gasteiger partial charge in [-0.25, -0.2) is 24.3 Å². The molecule has 0 fully saturated rings. The van der Waals surface area contributed by atoms with Gasteiger partial charge in [-0.3, -0.25) is 0 Å². The monoisotopic (exact) mass is 232 g/mol. The van der Waals surface area contributed by atoms with Gasteiger partial charge in [0.15, 0.2) is 0 Å². The van der Waals surface area contributed by atoms with E-state index in [0.717, 1.165) is 0 Å². The van der Waals surface area contributed by atoms with Gasteiger partial charge in [-0.05, 0) is 0 Å². The van der Waals surface area contributed by atoms with Crippen molar-refractivity contribution in [1.82, 2.24) is 0 Å². The second kappa shape index (κ2) is 15.7. The molecule has 0 spiro atoms. The van der Waals surface area contributed by atoms with E-state index in [1.165, 1.54) is 0 Å². The van der Waals surface area contributed by atoms with Gasteiger partial charge in [0.25, 0.3) is 0 Å². The maximum atomic E-state index is 2.00. The average molecular weight is 232 g/mol. The van der Waals surface area contributed by atoms with Crippen LogP contribution < -0.4 is 59.1 Å². The zero-order valence-corrected chi connectivity index (χ0v) is 13.2. The molecule has 0 bridgehead atoms. The van der Waals surface area contributed by atoms with Crippen molar-refractivity contribution >= 4 is 0 Å². The Morgan fingerprint density at radius 3 is 0.846 bits per heavy atom. The minimum absolute atomic E-state index is 0. The summed E-state index contributed by atoms with van der Waals surface area (Å²) in [5.74, 6) is 0. The van der Waals surface area contributed by atoms with Gasteiger partial charge in [-0.1, -0.05) is 0 Å². The first-order valence-corrected chi connectivity index (χ1v) is 3.33. The summed E-state index contributed by atoms with van der Waals surface area (Å²) < 4.78 is 0. The van der Waals surface area contributed by atoms with Crippen molar-refractivity contribution in [1.29, 1.82) is 0 Å². The third kappa shape index (κ3) is 13.2. The molecule has 0 saturated carbocycles. The second-order valence-electron chi connectivity index (χ2n) is 1.92. The molecule has 0 aliphatic rings. The Balaban J connectivity index is -0.000000125. The van der Waals surface area contributed by atoms with Gasteiger partial charge >= 0.3 is 59.1 Å². The van der Waals surface area contributed by atoms with Gasteiger partial charge < -0.3 is 0 Å². The minimum Gasteiger partial charge on any atom is -0.214 e. The number of hydrogen-bond donors (Lipinski definition) is 0. The quantitative estimate of drug-likeness (QED) is 0.332. The molecule has 0 heterocycles. The Hall–Kier alpha value is 1.22. The van der Waals surface area contributed by atoms with Crippen molar-refractivity contribution in [3.05, 3.63) is 60.7 Å². The van der Waals surface area contributed by atoms with Crippen molar-refractivity contribution in [2.45, 2.75) is 0 Å². The zero-order chi connectivity index (χ0) is 7.07. The van der Waals surface area contributed by atoms with Crippen LogP contribution in [0.15, 0.2) is 60.7 Å². The minimum atomic E-state index is 0. The summed E-state index contributed by atoms with van der Waals surface area (Å²) in [6.07, 6.45) is 0. The van der Waals surface area contributed by atoms with Crippen LogP contribution in [0, 0.1) is 0 Å². The largest absolute Gasteiger partial charge is 1.00 e. The molecule has 0 unspecified atom stereocenters. The fraction of sp³-hybridized carbons (Fsp3) is 0. The summed E-state index contributed by atoms with van der Waals surface area (Å²) in [4.78, 5) is 0. The zero-order valence-electron chi connectivity index (χ0n) is 8.13. The van der Waals surface area contributed by atoms with E-state index in [0.29, 0.717) is 0 Å². The van der Waals surface area contributed by atoms with Crippen LogP contribution in [-0.4, -0.2) is 0 Å². The Kier molecular flexibility index (Phi) is 23.8. The molecule has 60 valence electrons. The van der Waals surface area contributed by atoms with E-state index in [1.807, 2.05) is 60.7 Å². The molecule has 0 nitrogen and oxygen atoms in total. The molecule has 0 aliphatic carbocycles. The molecule has 0 aromatic heterocycles. The first-order chi connectivity index (χ1) is 5.00. The Morgan fingerprint density at radius 2 is 0.769 bits per heavy atom. The van der Waals surface area contributed by atoms with E-state index in [1.54, 1.807) is 0 Å². The third-order valence-electron chi connectivity index (χ3n) is 1.11. The molecule has 2 aromatic rings. The molecule has 0 atom stereocenters. The predicted octanol–water partition coefficient (Wildman–Crippen LogP) is -3.18. The van der Waals surface area contributed by atoms with Crippen LogP contribution in [0.5, 0.6) is 0 Å². The molecular weight excluding hydrogens is 222 g/mol. The van der Waals surface area contributed by atoms with Gasteiger partial charge in [-0.15, -0.1) is 0 Å². The van der Waals surface area contributed by atoms with Crippen LogP contribution in [0.2, 0.25) is 0 Å². The van der Waals surface area contributed by atoms with Crippen LogP contribution in [0.3, 0.4) is 0 Å². The Bertz CT molecular complexity index is 152. The fourth-order valence-electron chi connectivity index (χ4n) is 0.642. The average Bonchev–Trinajstić information content (AvgIpc) is 2.67. The maximum absolute atomic E-state index is 2.00. The maximum Gasteiger partial charge on any atom is 1.00 e. The molecule has 0 aliphatic heterocycles. The SMILES string of the molecule is [Fe].[Na+].[Na+].c1cc[cH-]c1.c1cc[cH-]c1. The molecule has 13 heavy (non-hydrogen) atoms. The van der Waals surface area contributed by atoms with Gasteiger partial charge in [-0.2, -0.15) is 36.4 Å². The van der Waals surface area contributed by atoms with Crippen molar-refractivity contribution in [2.24, 2.45) is 0 Å². The van der Waals surface area contributed by atoms with Crippen LogP contribution in [0.1, 0.15) is 0 Å². The Labute approximate surface area is 135 Å². The predicted molar refractivity (Wildman–Crippen MR) is 44.1 cm³/mol. The number of rotatable bonds is 0. The molecule has 3 heteroatoms. The first-order valence-electron chi connectivity index (χ1n) is 3.33. The van der Waals surface area contributed by atoms with Gasteiger partial charge in [0.2, 0.25) is 0 Å². The van der Waals surface area contributed by atoms with Crippen molar-refractivity contribution < 1.29 is 76.2 Å². The summed E-state index contributed by atoms with van der Waals surface area (Å²) in [7, 11) is 0. The van der Waals surface area contributed by atoms with Gasteiger partial charge in [0, 0.05) is 17.1 Å².